The number of aliphatic hydroxyl groups excluding tert-OH is 1. The zero-order valence-electron chi connectivity index (χ0n) is 14.3. The van der Waals surface area contributed by atoms with Crippen LogP contribution in [0.1, 0.15) is 46.0 Å². The van der Waals surface area contributed by atoms with Crippen molar-refractivity contribution in [3.63, 3.8) is 0 Å². The summed E-state index contributed by atoms with van der Waals surface area (Å²) in [6, 6.07) is 11.9. The Balaban J connectivity index is 1.99. The fraction of sp³-hybridized carbons (Fsp3) is 0.500. The molecular weight excluding hydrogens is 288 g/mol. The van der Waals surface area contributed by atoms with Gasteiger partial charge in [-0.25, -0.2) is 0 Å². The lowest BCUT2D eigenvalue weighted by molar-refractivity contribution is 0.0982. The summed E-state index contributed by atoms with van der Waals surface area (Å²) in [6.45, 7) is 5.15. The van der Waals surface area contributed by atoms with E-state index in [0.717, 1.165) is 35.1 Å². The largest absolute Gasteiger partial charge is 0.493 e. The zero-order valence-corrected chi connectivity index (χ0v) is 14.3. The van der Waals surface area contributed by atoms with Crippen molar-refractivity contribution in [1.29, 1.82) is 0 Å². The van der Waals surface area contributed by atoms with Crippen LogP contribution in [-0.2, 0) is 0 Å². The smallest absolute Gasteiger partial charge is 0.127 e. The minimum atomic E-state index is -0.405. The van der Waals surface area contributed by atoms with Crippen LogP contribution in [0.4, 0.5) is 0 Å². The number of hydrogen-bond donors (Lipinski definition) is 1. The number of ether oxygens (including phenoxy) is 2. The molecule has 2 aromatic carbocycles. The van der Waals surface area contributed by atoms with Gasteiger partial charge in [0.1, 0.15) is 18.1 Å². The standard InChI is InChI=1S/C20H28O3/c1-3-5-6-7-10-16(21)15-23-20-14-13-19(22-4-2)17-11-8-9-12-18(17)20/h8-9,11-14,16,21H,3-7,10,15H2,1-2H3. The Hall–Kier alpha value is -1.74. The van der Waals surface area contributed by atoms with Crippen molar-refractivity contribution in [1.82, 2.24) is 0 Å². The molecule has 0 radical (unpaired) electrons. The van der Waals surface area contributed by atoms with E-state index >= 15 is 0 Å². The summed E-state index contributed by atoms with van der Waals surface area (Å²) in [4.78, 5) is 0. The minimum absolute atomic E-state index is 0.337. The van der Waals surface area contributed by atoms with E-state index in [2.05, 4.69) is 6.92 Å². The van der Waals surface area contributed by atoms with Crippen molar-refractivity contribution in [2.45, 2.75) is 52.1 Å². The van der Waals surface area contributed by atoms with Crippen LogP contribution in [-0.4, -0.2) is 24.4 Å². The average molecular weight is 316 g/mol. The summed E-state index contributed by atoms with van der Waals surface area (Å²) >= 11 is 0. The lowest BCUT2D eigenvalue weighted by Gasteiger charge is -2.15. The number of rotatable bonds is 10. The molecule has 3 nitrogen and oxygen atoms in total. The van der Waals surface area contributed by atoms with Gasteiger partial charge in [-0.15, -0.1) is 0 Å². The average Bonchev–Trinajstić information content (AvgIpc) is 2.58. The van der Waals surface area contributed by atoms with Gasteiger partial charge in [-0.3, -0.25) is 0 Å². The summed E-state index contributed by atoms with van der Waals surface area (Å²) in [6.07, 6.45) is 5.08. The van der Waals surface area contributed by atoms with Crippen LogP contribution < -0.4 is 9.47 Å². The molecule has 2 rings (SSSR count). The molecular formula is C20H28O3. The summed E-state index contributed by atoms with van der Waals surface area (Å²) < 4.78 is 11.5. The highest BCUT2D eigenvalue weighted by Crippen LogP contribution is 2.33. The van der Waals surface area contributed by atoms with E-state index in [1.807, 2.05) is 43.3 Å². The van der Waals surface area contributed by atoms with Crippen LogP contribution in [0.2, 0.25) is 0 Å². The van der Waals surface area contributed by atoms with E-state index in [-0.39, 0.29) is 0 Å². The van der Waals surface area contributed by atoms with Gasteiger partial charge in [-0.1, -0.05) is 56.9 Å². The van der Waals surface area contributed by atoms with Crippen LogP contribution >= 0.6 is 0 Å². The Kier molecular flexibility index (Phi) is 7.21. The van der Waals surface area contributed by atoms with E-state index in [4.69, 9.17) is 9.47 Å². The Morgan fingerprint density at radius 1 is 0.870 bits per heavy atom. The number of aliphatic hydroxyl groups is 1. The first kappa shape index (κ1) is 17.6. The molecule has 0 amide bonds. The van der Waals surface area contributed by atoms with Crippen LogP contribution in [0, 0.1) is 0 Å². The second-order valence-electron chi connectivity index (χ2n) is 5.85. The third-order valence-electron chi connectivity index (χ3n) is 3.97. The molecule has 0 saturated carbocycles. The van der Waals surface area contributed by atoms with Crippen molar-refractivity contribution in [2.75, 3.05) is 13.2 Å². The van der Waals surface area contributed by atoms with E-state index < -0.39 is 6.10 Å². The zero-order chi connectivity index (χ0) is 16.5. The number of unbranched alkanes of at least 4 members (excludes halogenated alkanes) is 3. The molecule has 23 heavy (non-hydrogen) atoms. The van der Waals surface area contributed by atoms with E-state index in [1.54, 1.807) is 0 Å². The third-order valence-corrected chi connectivity index (χ3v) is 3.97. The molecule has 0 aliphatic heterocycles. The molecule has 0 heterocycles. The van der Waals surface area contributed by atoms with Crippen molar-refractivity contribution in [2.24, 2.45) is 0 Å². The Labute approximate surface area is 139 Å². The quantitative estimate of drug-likeness (QED) is 0.630. The van der Waals surface area contributed by atoms with Crippen LogP contribution in [0.15, 0.2) is 36.4 Å². The van der Waals surface area contributed by atoms with E-state index in [9.17, 15) is 5.11 Å². The van der Waals surface area contributed by atoms with Gasteiger partial charge in [0.2, 0.25) is 0 Å². The summed E-state index contributed by atoms with van der Waals surface area (Å²) in [7, 11) is 0. The van der Waals surface area contributed by atoms with Crippen LogP contribution in [0.5, 0.6) is 11.5 Å². The summed E-state index contributed by atoms with van der Waals surface area (Å²) in [5.41, 5.74) is 0. The fourth-order valence-corrected chi connectivity index (χ4v) is 2.73. The van der Waals surface area contributed by atoms with Gasteiger partial charge in [0.05, 0.1) is 12.7 Å². The van der Waals surface area contributed by atoms with Gasteiger partial charge < -0.3 is 14.6 Å². The predicted octanol–water partition coefficient (Wildman–Crippen LogP) is 4.95. The maximum atomic E-state index is 10.1. The maximum Gasteiger partial charge on any atom is 0.127 e. The summed E-state index contributed by atoms with van der Waals surface area (Å²) in [5.74, 6) is 1.67. The molecule has 2 aromatic rings. The molecule has 0 fully saturated rings. The molecule has 0 aromatic heterocycles. The Morgan fingerprint density at radius 2 is 1.52 bits per heavy atom. The highest BCUT2D eigenvalue weighted by atomic mass is 16.5. The third kappa shape index (κ3) is 5.14. The van der Waals surface area contributed by atoms with Gasteiger partial charge in [-0.05, 0) is 25.5 Å². The van der Waals surface area contributed by atoms with Gasteiger partial charge in [0, 0.05) is 10.8 Å². The first-order valence-corrected chi connectivity index (χ1v) is 8.71. The number of fused-ring (bicyclic) bond motifs is 1. The Bertz CT molecular complexity index is 594. The second kappa shape index (κ2) is 9.41. The molecule has 0 bridgehead atoms. The van der Waals surface area contributed by atoms with E-state index in [1.165, 1.54) is 19.3 Å². The lowest BCUT2D eigenvalue weighted by atomic mass is 10.1. The molecule has 1 unspecified atom stereocenters. The monoisotopic (exact) mass is 316 g/mol. The lowest BCUT2D eigenvalue weighted by Crippen LogP contribution is -2.17. The van der Waals surface area contributed by atoms with Crippen molar-refractivity contribution < 1.29 is 14.6 Å². The normalized spacial score (nSPS) is 12.3. The molecule has 0 spiro atoms. The first-order valence-electron chi connectivity index (χ1n) is 8.71. The van der Waals surface area contributed by atoms with Gasteiger partial charge in [0.15, 0.2) is 0 Å². The predicted molar refractivity (Wildman–Crippen MR) is 95.4 cm³/mol. The maximum absolute atomic E-state index is 10.1. The molecule has 1 N–H and O–H groups in total. The molecule has 1 atom stereocenters. The minimum Gasteiger partial charge on any atom is -0.493 e. The molecule has 0 aliphatic carbocycles. The topological polar surface area (TPSA) is 38.7 Å². The molecule has 0 aliphatic rings. The van der Waals surface area contributed by atoms with Crippen molar-refractivity contribution in [3.05, 3.63) is 36.4 Å². The Morgan fingerprint density at radius 3 is 2.13 bits per heavy atom. The van der Waals surface area contributed by atoms with Crippen molar-refractivity contribution >= 4 is 10.8 Å². The second-order valence-corrected chi connectivity index (χ2v) is 5.85. The molecule has 126 valence electrons. The first-order chi connectivity index (χ1) is 11.3. The van der Waals surface area contributed by atoms with Crippen LogP contribution in [0.3, 0.4) is 0 Å². The van der Waals surface area contributed by atoms with Crippen LogP contribution in [0.25, 0.3) is 10.8 Å². The van der Waals surface area contributed by atoms with Crippen molar-refractivity contribution in [3.8, 4) is 11.5 Å². The van der Waals surface area contributed by atoms with Gasteiger partial charge >= 0.3 is 0 Å². The highest BCUT2D eigenvalue weighted by Gasteiger charge is 2.10. The highest BCUT2D eigenvalue weighted by molar-refractivity contribution is 5.93. The fourth-order valence-electron chi connectivity index (χ4n) is 2.73. The summed E-state index contributed by atoms with van der Waals surface area (Å²) in [5, 5.41) is 12.1. The van der Waals surface area contributed by atoms with Gasteiger partial charge in [-0.2, -0.15) is 0 Å². The SMILES string of the molecule is CCCCCCC(O)COc1ccc(OCC)c2ccccc12. The molecule has 3 heteroatoms. The number of hydrogen-bond acceptors (Lipinski definition) is 3. The van der Waals surface area contributed by atoms with E-state index in [0.29, 0.717) is 13.2 Å². The van der Waals surface area contributed by atoms with Gasteiger partial charge in [0.25, 0.3) is 0 Å². The molecule has 0 saturated heterocycles. The number of benzene rings is 2.